The predicted molar refractivity (Wildman–Crippen MR) is 53.4 cm³/mol. The first-order valence-electron chi connectivity index (χ1n) is 4.56. The molecule has 0 unspecified atom stereocenters. The van der Waals surface area contributed by atoms with Crippen molar-refractivity contribution in [3.05, 3.63) is 22.4 Å². The maximum absolute atomic E-state index is 5.79. The summed E-state index contributed by atoms with van der Waals surface area (Å²) in [7, 11) is 0. The van der Waals surface area contributed by atoms with Gasteiger partial charge in [-0.2, -0.15) is 11.3 Å². The fourth-order valence-corrected chi connectivity index (χ4v) is 2.62. The fraction of sp³-hybridized carbons (Fsp3) is 0.600. The smallest absolute Gasteiger partial charge is 0.00173 e. The van der Waals surface area contributed by atoms with Crippen molar-refractivity contribution in [2.24, 2.45) is 11.1 Å². The van der Waals surface area contributed by atoms with Gasteiger partial charge in [0, 0.05) is 0 Å². The molecule has 1 aliphatic carbocycles. The van der Waals surface area contributed by atoms with Gasteiger partial charge >= 0.3 is 0 Å². The lowest BCUT2D eigenvalue weighted by Gasteiger charge is -2.41. The molecule has 2 N–H and O–H groups in total. The van der Waals surface area contributed by atoms with Gasteiger partial charge in [-0.3, -0.25) is 0 Å². The summed E-state index contributed by atoms with van der Waals surface area (Å²) in [4.78, 5) is 0. The molecule has 0 spiro atoms. The van der Waals surface area contributed by atoms with Gasteiger partial charge in [0.15, 0.2) is 0 Å². The highest BCUT2D eigenvalue weighted by Gasteiger charge is 2.35. The van der Waals surface area contributed by atoms with Crippen LogP contribution in [0.15, 0.2) is 16.8 Å². The number of rotatable bonds is 3. The van der Waals surface area contributed by atoms with Gasteiger partial charge in [-0.1, -0.05) is 6.42 Å². The molecule has 0 radical (unpaired) electrons. The highest BCUT2D eigenvalue weighted by molar-refractivity contribution is 7.07. The van der Waals surface area contributed by atoms with Crippen LogP contribution in [0.2, 0.25) is 0 Å². The first kappa shape index (κ1) is 8.27. The van der Waals surface area contributed by atoms with E-state index in [4.69, 9.17) is 5.73 Å². The van der Waals surface area contributed by atoms with Gasteiger partial charge in [-0.25, -0.2) is 0 Å². The van der Waals surface area contributed by atoms with E-state index in [1.54, 1.807) is 11.3 Å². The van der Waals surface area contributed by atoms with Crippen molar-refractivity contribution in [3.8, 4) is 0 Å². The van der Waals surface area contributed by atoms with Crippen LogP contribution in [-0.2, 0) is 6.42 Å². The third kappa shape index (κ3) is 1.41. The average molecular weight is 181 g/mol. The Labute approximate surface area is 77.6 Å². The molecule has 0 atom stereocenters. The van der Waals surface area contributed by atoms with Crippen molar-refractivity contribution in [1.29, 1.82) is 0 Å². The van der Waals surface area contributed by atoms with Gasteiger partial charge in [0.2, 0.25) is 0 Å². The van der Waals surface area contributed by atoms with Crippen LogP contribution in [-0.4, -0.2) is 6.54 Å². The molecule has 1 heterocycles. The van der Waals surface area contributed by atoms with Crippen molar-refractivity contribution < 1.29 is 0 Å². The first-order chi connectivity index (χ1) is 5.85. The first-order valence-corrected chi connectivity index (χ1v) is 5.50. The molecule has 1 aliphatic rings. The van der Waals surface area contributed by atoms with Gasteiger partial charge in [0.05, 0.1) is 0 Å². The molecule has 0 aliphatic heterocycles. The van der Waals surface area contributed by atoms with Crippen LogP contribution in [0.25, 0.3) is 0 Å². The highest BCUT2D eigenvalue weighted by Crippen LogP contribution is 2.42. The molecule has 1 aromatic rings. The quantitative estimate of drug-likeness (QED) is 0.761. The Morgan fingerprint density at radius 1 is 1.50 bits per heavy atom. The van der Waals surface area contributed by atoms with Gasteiger partial charge in [-0.15, -0.1) is 0 Å². The van der Waals surface area contributed by atoms with Crippen LogP contribution >= 0.6 is 11.3 Å². The van der Waals surface area contributed by atoms with Crippen LogP contribution < -0.4 is 5.73 Å². The van der Waals surface area contributed by atoms with E-state index in [0.29, 0.717) is 5.41 Å². The normalized spacial score (nSPS) is 20.4. The zero-order valence-corrected chi connectivity index (χ0v) is 8.07. The largest absolute Gasteiger partial charge is 0.330 e. The second-order valence-electron chi connectivity index (χ2n) is 3.87. The van der Waals surface area contributed by atoms with E-state index >= 15 is 0 Å². The topological polar surface area (TPSA) is 26.0 Å². The maximum Gasteiger partial charge on any atom is -0.00173 e. The summed E-state index contributed by atoms with van der Waals surface area (Å²) in [5.41, 5.74) is 7.74. The monoisotopic (exact) mass is 181 g/mol. The summed E-state index contributed by atoms with van der Waals surface area (Å²) in [6.07, 6.45) is 5.24. The lowest BCUT2D eigenvalue weighted by Crippen LogP contribution is -2.39. The minimum Gasteiger partial charge on any atom is -0.330 e. The molecular formula is C10H15NS. The Bertz CT molecular complexity index is 231. The molecule has 1 nitrogen and oxygen atoms in total. The molecule has 0 aromatic carbocycles. The molecule has 2 heteroatoms. The molecule has 0 bridgehead atoms. The number of hydrogen-bond acceptors (Lipinski definition) is 2. The molecule has 12 heavy (non-hydrogen) atoms. The third-order valence-corrected chi connectivity index (χ3v) is 3.74. The van der Waals surface area contributed by atoms with E-state index in [1.807, 2.05) is 0 Å². The molecule has 0 amide bonds. The average Bonchev–Trinajstić information content (AvgIpc) is 2.49. The van der Waals surface area contributed by atoms with Crippen LogP contribution in [0.4, 0.5) is 0 Å². The number of hydrogen-bond donors (Lipinski definition) is 1. The van der Waals surface area contributed by atoms with Crippen molar-refractivity contribution in [1.82, 2.24) is 0 Å². The van der Waals surface area contributed by atoms with Crippen molar-refractivity contribution in [2.75, 3.05) is 6.54 Å². The predicted octanol–water partition coefficient (Wildman–Crippen LogP) is 2.42. The van der Waals surface area contributed by atoms with Crippen LogP contribution in [0.5, 0.6) is 0 Å². The summed E-state index contributed by atoms with van der Waals surface area (Å²) >= 11 is 1.78. The summed E-state index contributed by atoms with van der Waals surface area (Å²) in [6.45, 7) is 0.864. The molecule has 1 saturated carbocycles. The molecular weight excluding hydrogens is 166 g/mol. The Morgan fingerprint density at radius 2 is 2.33 bits per heavy atom. The number of nitrogens with two attached hydrogens (primary N) is 1. The Morgan fingerprint density at radius 3 is 2.75 bits per heavy atom. The summed E-state index contributed by atoms with van der Waals surface area (Å²) in [5.74, 6) is 0. The van der Waals surface area contributed by atoms with Crippen molar-refractivity contribution in [3.63, 3.8) is 0 Å². The lowest BCUT2D eigenvalue weighted by atomic mass is 9.66. The van der Waals surface area contributed by atoms with Gasteiger partial charge in [-0.05, 0) is 53.6 Å². The zero-order valence-electron chi connectivity index (χ0n) is 7.25. The van der Waals surface area contributed by atoms with Crippen LogP contribution in [0.1, 0.15) is 24.8 Å². The van der Waals surface area contributed by atoms with E-state index in [0.717, 1.165) is 6.54 Å². The standard InChI is InChI=1S/C10H15NS/c11-8-10(3-1-4-10)6-9-2-5-12-7-9/h2,5,7H,1,3-4,6,8,11H2. The third-order valence-electron chi connectivity index (χ3n) is 3.01. The zero-order chi connectivity index (χ0) is 8.44. The van der Waals surface area contributed by atoms with Gasteiger partial charge < -0.3 is 5.73 Å². The van der Waals surface area contributed by atoms with Gasteiger partial charge in [0.1, 0.15) is 0 Å². The van der Waals surface area contributed by atoms with Crippen LogP contribution in [0, 0.1) is 5.41 Å². The maximum atomic E-state index is 5.79. The van der Waals surface area contributed by atoms with Crippen molar-refractivity contribution in [2.45, 2.75) is 25.7 Å². The van der Waals surface area contributed by atoms with E-state index in [1.165, 1.54) is 31.2 Å². The fourth-order valence-electron chi connectivity index (χ4n) is 1.96. The highest BCUT2D eigenvalue weighted by atomic mass is 32.1. The second-order valence-corrected chi connectivity index (χ2v) is 4.65. The lowest BCUT2D eigenvalue weighted by molar-refractivity contribution is 0.145. The minimum absolute atomic E-state index is 0.473. The van der Waals surface area contributed by atoms with E-state index in [-0.39, 0.29) is 0 Å². The molecule has 66 valence electrons. The molecule has 1 fully saturated rings. The number of thiophene rings is 1. The minimum atomic E-state index is 0.473. The van der Waals surface area contributed by atoms with Gasteiger partial charge in [0.25, 0.3) is 0 Å². The molecule has 0 saturated heterocycles. The Kier molecular flexibility index (Phi) is 2.20. The van der Waals surface area contributed by atoms with Crippen molar-refractivity contribution >= 4 is 11.3 Å². The van der Waals surface area contributed by atoms with E-state index in [2.05, 4.69) is 16.8 Å². The second kappa shape index (κ2) is 3.19. The van der Waals surface area contributed by atoms with Crippen LogP contribution in [0.3, 0.4) is 0 Å². The SMILES string of the molecule is NCC1(Cc2ccsc2)CCC1. The summed E-state index contributed by atoms with van der Waals surface area (Å²) in [5, 5.41) is 4.40. The summed E-state index contributed by atoms with van der Waals surface area (Å²) < 4.78 is 0. The van der Waals surface area contributed by atoms with E-state index < -0.39 is 0 Å². The summed E-state index contributed by atoms with van der Waals surface area (Å²) in [6, 6.07) is 2.22. The molecule has 2 rings (SSSR count). The van der Waals surface area contributed by atoms with E-state index in [9.17, 15) is 0 Å². The Hall–Kier alpha value is -0.340. The Balaban J connectivity index is 2.01. The molecule has 1 aromatic heterocycles.